The molecule has 27 heavy (non-hydrogen) atoms. The van der Waals surface area contributed by atoms with Gasteiger partial charge in [0.15, 0.2) is 0 Å². The van der Waals surface area contributed by atoms with Crippen LogP contribution >= 0.6 is 0 Å². The molecule has 1 N–H and O–H groups in total. The lowest BCUT2D eigenvalue weighted by molar-refractivity contribution is -0.132. The van der Waals surface area contributed by atoms with Gasteiger partial charge in [-0.1, -0.05) is 12.1 Å². The van der Waals surface area contributed by atoms with Crippen LogP contribution in [-0.4, -0.2) is 46.4 Å². The second kappa shape index (κ2) is 8.62. The molecule has 2 heterocycles. The van der Waals surface area contributed by atoms with E-state index in [2.05, 4.69) is 15.3 Å². The molecular weight excluding hydrogens is 344 g/mol. The molecule has 1 aromatic carbocycles. The number of benzene rings is 1. The minimum atomic E-state index is -0.116. The number of rotatable bonds is 5. The first kappa shape index (κ1) is 18.8. The summed E-state index contributed by atoms with van der Waals surface area (Å²) in [6.07, 6.45) is 2.76. The molecule has 142 valence electrons. The van der Waals surface area contributed by atoms with Crippen LogP contribution in [0.3, 0.4) is 0 Å². The molecular formula is C20H24N4O3. The van der Waals surface area contributed by atoms with Crippen LogP contribution in [0.5, 0.6) is 5.75 Å². The van der Waals surface area contributed by atoms with Crippen LogP contribution in [0.1, 0.15) is 26.7 Å². The molecule has 0 aliphatic carbocycles. The topological polar surface area (TPSA) is 84.4 Å². The summed E-state index contributed by atoms with van der Waals surface area (Å²) in [7, 11) is 0. The monoisotopic (exact) mass is 368 g/mol. The van der Waals surface area contributed by atoms with Crippen LogP contribution in [-0.2, 0) is 9.59 Å². The predicted molar refractivity (Wildman–Crippen MR) is 102 cm³/mol. The van der Waals surface area contributed by atoms with Crippen LogP contribution < -0.4 is 10.1 Å². The van der Waals surface area contributed by atoms with Crippen molar-refractivity contribution >= 4 is 17.6 Å². The summed E-state index contributed by atoms with van der Waals surface area (Å²) >= 11 is 0. The maximum atomic E-state index is 12.6. The SMILES string of the molecule is CCOc1ccccc1-c1cc(NC(=O)C2CCN(C(C)=O)CC2)ncn1. The normalized spacial score (nSPS) is 14.7. The molecule has 0 unspecified atom stereocenters. The zero-order valence-corrected chi connectivity index (χ0v) is 15.6. The molecule has 1 aliphatic heterocycles. The van der Waals surface area contributed by atoms with E-state index < -0.39 is 0 Å². The quantitative estimate of drug-likeness (QED) is 0.877. The molecule has 1 saturated heterocycles. The van der Waals surface area contributed by atoms with Gasteiger partial charge in [0, 0.05) is 37.6 Å². The Morgan fingerprint density at radius 3 is 2.67 bits per heavy atom. The maximum Gasteiger partial charge on any atom is 0.228 e. The summed E-state index contributed by atoms with van der Waals surface area (Å²) in [6.45, 7) is 5.28. The van der Waals surface area contributed by atoms with Crippen molar-refractivity contribution < 1.29 is 14.3 Å². The Bertz CT molecular complexity index is 816. The fourth-order valence-electron chi connectivity index (χ4n) is 3.22. The minimum Gasteiger partial charge on any atom is -0.493 e. The Morgan fingerprint density at radius 1 is 1.22 bits per heavy atom. The number of carbonyl (C=O) groups excluding carboxylic acids is 2. The van der Waals surface area contributed by atoms with Gasteiger partial charge in [0.25, 0.3) is 0 Å². The van der Waals surface area contributed by atoms with Gasteiger partial charge in [-0.05, 0) is 31.9 Å². The average molecular weight is 368 g/mol. The number of likely N-dealkylation sites (tertiary alicyclic amines) is 1. The molecule has 0 spiro atoms. The molecule has 0 saturated carbocycles. The molecule has 0 radical (unpaired) electrons. The predicted octanol–water partition coefficient (Wildman–Crippen LogP) is 2.74. The van der Waals surface area contributed by atoms with Crippen LogP contribution in [0.25, 0.3) is 11.3 Å². The van der Waals surface area contributed by atoms with Crippen molar-refractivity contribution in [2.45, 2.75) is 26.7 Å². The highest BCUT2D eigenvalue weighted by Gasteiger charge is 2.26. The van der Waals surface area contributed by atoms with Gasteiger partial charge in [-0.2, -0.15) is 0 Å². The lowest BCUT2D eigenvalue weighted by Gasteiger charge is -2.30. The number of piperidine rings is 1. The fraction of sp³-hybridized carbons (Fsp3) is 0.400. The molecule has 3 rings (SSSR count). The summed E-state index contributed by atoms with van der Waals surface area (Å²) in [5, 5.41) is 2.88. The number of anilines is 1. The minimum absolute atomic E-state index is 0.0577. The summed E-state index contributed by atoms with van der Waals surface area (Å²) in [4.78, 5) is 34.2. The van der Waals surface area contributed by atoms with E-state index in [-0.39, 0.29) is 17.7 Å². The number of carbonyl (C=O) groups is 2. The van der Waals surface area contributed by atoms with Crippen LogP contribution in [0, 0.1) is 5.92 Å². The van der Waals surface area contributed by atoms with Gasteiger partial charge in [-0.15, -0.1) is 0 Å². The third-order valence-electron chi connectivity index (χ3n) is 4.69. The zero-order valence-electron chi connectivity index (χ0n) is 15.6. The number of ether oxygens (including phenoxy) is 1. The molecule has 0 bridgehead atoms. The van der Waals surface area contributed by atoms with E-state index in [1.807, 2.05) is 31.2 Å². The molecule has 7 nitrogen and oxygen atoms in total. The molecule has 0 atom stereocenters. The highest BCUT2D eigenvalue weighted by Crippen LogP contribution is 2.29. The Labute approximate surface area is 158 Å². The number of amides is 2. The third kappa shape index (κ3) is 4.61. The molecule has 1 aromatic heterocycles. The van der Waals surface area contributed by atoms with Gasteiger partial charge in [0.1, 0.15) is 17.9 Å². The van der Waals surface area contributed by atoms with Crippen molar-refractivity contribution in [3.8, 4) is 17.0 Å². The van der Waals surface area contributed by atoms with Crippen molar-refractivity contribution in [2.24, 2.45) is 5.92 Å². The fourth-order valence-corrected chi connectivity index (χ4v) is 3.22. The van der Waals surface area contributed by atoms with Crippen molar-refractivity contribution in [3.05, 3.63) is 36.7 Å². The summed E-state index contributed by atoms with van der Waals surface area (Å²) in [5.41, 5.74) is 1.54. The summed E-state index contributed by atoms with van der Waals surface area (Å²) in [5.74, 6) is 1.08. The summed E-state index contributed by atoms with van der Waals surface area (Å²) in [6, 6.07) is 9.39. The van der Waals surface area contributed by atoms with E-state index >= 15 is 0 Å². The average Bonchev–Trinajstić information content (AvgIpc) is 2.69. The lowest BCUT2D eigenvalue weighted by atomic mass is 9.96. The first-order valence-electron chi connectivity index (χ1n) is 9.19. The van der Waals surface area contributed by atoms with Gasteiger partial charge < -0.3 is 15.0 Å². The van der Waals surface area contributed by atoms with Gasteiger partial charge in [0.2, 0.25) is 11.8 Å². The molecule has 2 amide bonds. The lowest BCUT2D eigenvalue weighted by Crippen LogP contribution is -2.40. The van der Waals surface area contributed by atoms with Crippen LogP contribution in [0.2, 0.25) is 0 Å². The zero-order chi connectivity index (χ0) is 19.2. The van der Waals surface area contributed by atoms with E-state index in [4.69, 9.17) is 4.74 Å². The van der Waals surface area contributed by atoms with Gasteiger partial charge in [0.05, 0.1) is 12.3 Å². The van der Waals surface area contributed by atoms with E-state index in [0.29, 0.717) is 44.0 Å². The first-order valence-corrected chi connectivity index (χ1v) is 9.19. The van der Waals surface area contributed by atoms with Gasteiger partial charge in [-0.25, -0.2) is 9.97 Å². The largest absolute Gasteiger partial charge is 0.493 e. The third-order valence-corrected chi connectivity index (χ3v) is 4.69. The molecule has 2 aromatic rings. The number of hydrogen-bond donors (Lipinski definition) is 1. The highest BCUT2D eigenvalue weighted by molar-refractivity contribution is 5.92. The van der Waals surface area contributed by atoms with E-state index in [1.54, 1.807) is 17.9 Å². The maximum absolute atomic E-state index is 12.6. The van der Waals surface area contributed by atoms with E-state index in [9.17, 15) is 9.59 Å². The van der Waals surface area contributed by atoms with Crippen LogP contribution in [0.4, 0.5) is 5.82 Å². The standard InChI is InChI=1S/C20H24N4O3/c1-3-27-18-7-5-4-6-16(18)17-12-19(22-13-21-17)23-20(26)15-8-10-24(11-9-15)14(2)25/h4-7,12-13,15H,3,8-11H2,1-2H3,(H,21,22,23,26). The van der Waals surface area contributed by atoms with Crippen molar-refractivity contribution in [2.75, 3.05) is 25.0 Å². The number of hydrogen-bond acceptors (Lipinski definition) is 5. The van der Waals surface area contributed by atoms with Gasteiger partial charge in [-0.3, -0.25) is 9.59 Å². The number of nitrogens with zero attached hydrogens (tertiary/aromatic N) is 3. The van der Waals surface area contributed by atoms with Gasteiger partial charge >= 0.3 is 0 Å². The Balaban J connectivity index is 1.70. The Morgan fingerprint density at radius 2 is 1.96 bits per heavy atom. The number of aromatic nitrogens is 2. The summed E-state index contributed by atoms with van der Waals surface area (Å²) < 4.78 is 5.66. The smallest absolute Gasteiger partial charge is 0.228 e. The van der Waals surface area contributed by atoms with Crippen molar-refractivity contribution in [1.82, 2.24) is 14.9 Å². The second-order valence-corrected chi connectivity index (χ2v) is 6.49. The Kier molecular flexibility index (Phi) is 6.01. The first-order chi connectivity index (χ1) is 13.1. The second-order valence-electron chi connectivity index (χ2n) is 6.49. The van der Waals surface area contributed by atoms with Crippen LogP contribution in [0.15, 0.2) is 36.7 Å². The van der Waals surface area contributed by atoms with Crippen molar-refractivity contribution in [1.29, 1.82) is 0 Å². The molecule has 7 heteroatoms. The number of para-hydroxylation sites is 1. The Hall–Kier alpha value is -2.96. The number of nitrogens with one attached hydrogen (secondary N) is 1. The molecule has 1 aliphatic rings. The van der Waals surface area contributed by atoms with Crippen molar-refractivity contribution in [3.63, 3.8) is 0 Å². The molecule has 1 fully saturated rings. The van der Waals surface area contributed by atoms with E-state index in [1.165, 1.54) is 6.33 Å². The van der Waals surface area contributed by atoms with E-state index in [0.717, 1.165) is 11.3 Å². The highest BCUT2D eigenvalue weighted by atomic mass is 16.5.